The summed E-state index contributed by atoms with van der Waals surface area (Å²) in [5, 5.41) is 0. The molecule has 68 heavy (non-hydrogen) atoms. The smallest absolute Gasteiger partial charge is 0.306 e. The van der Waals surface area contributed by atoms with Gasteiger partial charge in [-0.3, -0.25) is 14.4 Å². The highest BCUT2D eigenvalue weighted by molar-refractivity contribution is 5.71. The molecule has 6 nitrogen and oxygen atoms in total. The van der Waals surface area contributed by atoms with Crippen LogP contribution in [0.4, 0.5) is 0 Å². The van der Waals surface area contributed by atoms with Gasteiger partial charge >= 0.3 is 17.9 Å². The summed E-state index contributed by atoms with van der Waals surface area (Å²) in [5.74, 6) is -0.844. The van der Waals surface area contributed by atoms with E-state index in [9.17, 15) is 14.4 Å². The lowest BCUT2D eigenvalue weighted by atomic mass is 10.0. The first-order valence-electron chi connectivity index (χ1n) is 30.7. The molecule has 0 N–H and O–H groups in total. The summed E-state index contributed by atoms with van der Waals surface area (Å²) in [5.41, 5.74) is 0. The lowest BCUT2D eigenvalue weighted by molar-refractivity contribution is -0.167. The molecule has 0 rings (SSSR count). The van der Waals surface area contributed by atoms with Gasteiger partial charge < -0.3 is 14.2 Å². The summed E-state index contributed by atoms with van der Waals surface area (Å²) in [6.07, 6.45) is 66.4. The zero-order valence-electron chi connectivity index (χ0n) is 46.2. The molecular weight excluding hydrogens is 841 g/mol. The highest BCUT2D eigenvalue weighted by Gasteiger charge is 2.19. The Morgan fingerprint density at radius 1 is 0.279 bits per heavy atom. The van der Waals surface area contributed by atoms with Gasteiger partial charge in [0, 0.05) is 19.3 Å². The summed E-state index contributed by atoms with van der Waals surface area (Å²) in [4.78, 5) is 38.2. The second-order valence-corrected chi connectivity index (χ2v) is 21.0. The third kappa shape index (κ3) is 55.1. The van der Waals surface area contributed by atoms with Crippen molar-refractivity contribution in [1.29, 1.82) is 0 Å². The molecule has 0 fully saturated rings. The molecule has 1 atom stereocenters. The second kappa shape index (κ2) is 57.7. The van der Waals surface area contributed by atoms with Gasteiger partial charge in [-0.2, -0.15) is 0 Å². The Morgan fingerprint density at radius 3 is 0.735 bits per heavy atom. The topological polar surface area (TPSA) is 78.9 Å². The first-order valence-corrected chi connectivity index (χ1v) is 30.7. The van der Waals surface area contributed by atoms with Crippen molar-refractivity contribution in [2.75, 3.05) is 13.2 Å². The molecule has 0 aromatic rings. The van der Waals surface area contributed by atoms with Crippen molar-refractivity contribution in [1.82, 2.24) is 0 Å². The fourth-order valence-corrected chi connectivity index (χ4v) is 9.38. The van der Waals surface area contributed by atoms with Crippen molar-refractivity contribution in [3.63, 3.8) is 0 Å². The average Bonchev–Trinajstić information content (AvgIpc) is 3.34. The van der Waals surface area contributed by atoms with Crippen LogP contribution in [0.5, 0.6) is 0 Å². The molecule has 402 valence electrons. The number of allylic oxidation sites excluding steroid dienone is 2. The number of esters is 3. The van der Waals surface area contributed by atoms with Crippen LogP contribution >= 0.6 is 0 Å². The Labute approximate surface area is 424 Å². The normalized spacial score (nSPS) is 12.0. The molecule has 0 aliphatic heterocycles. The quantitative estimate of drug-likeness (QED) is 0.0262. The van der Waals surface area contributed by atoms with Gasteiger partial charge in [-0.15, -0.1) is 0 Å². The van der Waals surface area contributed by atoms with Crippen molar-refractivity contribution in [2.24, 2.45) is 0 Å². The van der Waals surface area contributed by atoms with Gasteiger partial charge in [0.2, 0.25) is 0 Å². The van der Waals surface area contributed by atoms with E-state index in [4.69, 9.17) is 14.2 Å². The molecule has 1 unspecified atom stereocenters. The highest BCUT2D eigenvalue weighted by Crippen LogP contribution is 2.18. The molecule has 0 saturated carbocycles. The van der Waals surface area contributed by atoms with Gasteiger partial charge in [-0.05, 0) is 44.9 Å². The van der Waals surface area contributed by atoms with Gasteiger partial charge in [-0.25, -0.2) is 0 Å². The summed E-state index contributed by atoms with van der Waals surface area (Å²) in [7, 11) is 0. The standard InChI is InChI=1S/C62H118O6/c1-4-7-10-13-16-19-22-24-26-28-30-31-32-34-35-37-40-43-46-49-52-55-61(64)67-58-59(57-66-60(63)54-51-48-45-42-39-21-18-15-12-9-6-3)68-62(65)56-53-50-47-44-41-38-36-33-29-27-25-23-20-17-14-11-8-5-2/h27,29,59H,4-26,28,30-58H2,1-3H3/b29-27-. The van der Waals surface area contributed by atoms with E-state index in [1.54, 1.807) is 0 Å². The fraction of sp³-hybridized carbons (Fsp3) is 0.919. The van der Waals surface area contributed by atoms with Gasteiger partial charge in [-0.1, -0.05) is 296 Å². The number of carbonyl (C=O) groups excluding carboxylic acids is 3. The number of hydrogen-bond donors (Lipinski definition) is 0. The van der Waals surface area contributed by atoms with Gasteiger partial charge in [0.25, 0.3) is 0 Å². The minimum absolute atomic E-state index is 0.0656. The molecule has 0 aromatic carbocycles. The maximum atomic E-state index is 12.9. The number of rotatable bonds is 57. The van der Waals surface area contributed by atoms with E-state index >= 15 is 0 Å². The van der Waals surface area contributed by atoms with Gasteiger partial charge in [0.05, 0.1) is 0 Å². The predicted molar refractivity (Wildman–Crippen MR) is 293 cm³/mol. The van der Waals surface area contributed by atoms with E-state index in [2.05, 4.69) is 32.9 Å². The summed E-state index contributed by atoms with van der Waals surface area (Å²) in [6.45, 7) is 6.69. The first-order chi connectivity index (χ1) is 33.5. The largest absolute Gasteiger partial charge is 0.462 e. The van der Waals surface area contributed by atoms with Crippen LogP contribution in [-0.2, 0) is 28.6 Å². The molecule has 0 amide bonds. The highest BCUT2D eigenvalue weighted by atomic mass is 16.6. The van der Waals surface area contributed by atoms with E-state index in [1.807, 2.05) is 0 Å². The Kier molecular flexibility index (Phi) is 56.2. The third-order valence-electron chi connectivity index (χ3n) is 14.0. The average molecular weight is 960 g/mol. The maximum absolute atomic E-state index is 12.9. The molecule has 0 spiro atoms. The van der Waals surface area contributed by atoms with Crippen LogP contribution < -0.4 is 0 Å². The lowest BCUT2D eigenvalue weighted by Gasteiger charge is -2.18. The zero-order valence-corrected chi connectivity index (χ0v) is 46.2. The summed E-state index contributed by atoms with van der Waals surface area (Å²) < 4.78 is 16.9. The predicted octanol–water partition coefficient (Wildman–Crippen LogP) is 20.5. The van der Waals surface area contributed by atoms with Crippen LogP contribution in [0.15, 0.2) is 12.2 Å². The van der Waals surface area contributed by atoms with E-state index in [0.29, 0.717) is 19.3 Å². The Morgan fingerprint density at radius 2 is 0.485 bits per heavy atom. The molecule has 0 heterocycles. The van der Waals surface area contributed by atoms with Crippen LogP contribution in [-0.4, -0.2) is 37.2 Å². The van der Waals surface area contributed by atoms with Crippen molar-refractivity contribution in [3.05, 3.63) is 12.2 Å². The Bertz CT molecular complexity index is 1060. The molecule has 0 aromatic heterocycles. The van der Waals surface area contributed by atoms with Crippen LogP contribution in [0.1, 0.15) is 348 Å². The monoisotopic (exact) mass is 959 g/mol. The number of carbonyl (C=O) groups is 3. The number of unbranched alkanes of at least 4 members (excludes halogenated alkanes) is 44. The molecule has 0 radical (unpaired) electrons. The molecule has 0 aliphatic rings. The first kappa shape index (κ1) is 66.2. The number of hydrogen-bond acceptors (Lipinski definition) is 6. The molecule has 0 saturated heterocycles. The molecular formula is C62H118O6. The van der Waals surface area contributed by atoms with Gasteiger partial charge in [0.1, 0.15) is 13.2 Å². The summed E-state index contributed by atoms with van der Waals surface area (Å²) >= 11 is 0. The van der Waals surface area contributed by atoms with Crippen molar-refractivity contribution in [3.8, 4) is 0 Å². The lowest BCUT2D eigenvalue weighted by Crippen LogP contribution is -2.30. The van der Waals surface area contributed by atoms with E-state index in [-0.39, 0.29) is 31.1 Å². The Hall–Kier alpha value is -1.85. The molecule has 0 bridgehead atoms. The Balaban J connectivity index is 4.24. The molecule has 0 aliphatic carbocycles. The van der Waals surface area contributed by atoms with E-state index in [1.165, 1.54) is 250 Å². The number of ether oxygens (including phenoxy) is 3. The maximum Gasteiger partial charge on any atom is 0.306 e. The van der Waals surface area contributed by atoms with Crippen LogP contribution in [0.3, 0.4) is 0 Å². The summed E-state index contributed by atoms with van der Waals surface area (Å²) in [6, 6.07) is 0. The van der Waals surface area contributed by atoms with Crippen LogP contribution in [0.2, 0.25) is 0 Å². The van der Waals surface area contributed by atoms with Crippen LogP contribution in [0, 0.1) is 0 Å². The van der Waals surface area contributed by atoms with E-state index in [0.717, 1.165) is 57.8 Å². The van der Waals surface area contributed by atoms with Crippen molar-refractivity contribution in [2.45, 2.75) is 354 Å². The van der Waals surface area contributed by atoms with Crippen LogP contribution in [0.25, 0.3) is 0 Å². The minimum Gasteiger partial charge on any atom is -0.462 e. The van der Waals surface area contributed by atoms with Crippen molar-refractivity contribution < 1.29 is 28.6 Å². The van der Waals surface area contributed by atoms with E-state index < -0.39 is 6.10 Å². The van der Waals surface area contributed by atoms with Crippen molar-refractivity contribution >= 4 is 17.9 Å². The molecule has 6 heteroatoms. The SMILES string of the molecule is CCCCCCCCC/C=C\CCCCCCCCCC(=O)OC(COC(=O)CCCCCCCCCCCCC)COC(=O)CCCCCCCCCCCCCCCCCCCCCCC. The zero-order chi connectivity index (χ0) is 49.3. The van der Waals surface area contributed by atoms with Gasteiger partial charge in [0.15, 0.2) is 6.10 Å². The second-order valence-electron chi connectivity index (χ2n) is 21.0. The third-order valence-corrected chi connectivity index (χ3v) is 14.0. The fourth-order valence-electron chi connectivity index (χ4n) is 9.38. The minimum atomic E-state index is -0.767.